The lowest BCUT2D eigenvalue weighted by Crippen LogP contribution is -2.56. The van der Waals surface area contributed by atoms with E-state index in [1.165, 1.54) is 16.2 Å². The molecule has 4 aliphatic rings. The van der Waals surface area contributed by atoms with Crippen LogP contribution in [-0.4, -0.2) is 94.4 Å². The number of thiazole rings is 1. The fourth-order valence-electron chi connectivity index (χ4n) is 7.70. The van der Waals surface area contributed by atoms with Crippen molar-refractivity contribution in [2.75, 3.05) is 26.0 Å². The number of ether oxygens (including phenoxy) is 3. The molecule has 53 heavy (non-hydrogen) atoms. The van der Waals surface area contributed by atoms with Crippen molar-refractivity contribution in [2.45, 2.75) is 100 Å². The van der Waals surface area contributed by atoms with Crippen LogP contribution in [0.1, 0.15) is 70.6 Å². The van der Waals surface area contributed by atoms with E-state index in [2.05, 4.69) is 20.9 Å². The molecule has 4 heterocycles. The van der Waals surface area contributed by atoms with Gasteiger partial charge in [-0.15, -0.1) is 11.3 Å². The minimum Gasteiger partial charge on any atom is -0.497 e. The third kappa shape index (κ3) is 7.90. The van der Waals surface area contributed by atoms with Gasteiger partial charge in [0.05, 0.1) is 24.9 Å². The highest BCUT2D eigenvalue weighted by atomic mass is 32.1. The van der Waals surface area contributed by atoms with Gasteiger partial charge in [-0.1, -0.05) is 25.0 Å². The summed E-state index contributed by atoms with van der Waals surface area (Å²) in [6.07, 6.45) is 9.72. The van der Waals surface area contributed by atoms with Crippen molar-refractivity contribution in [1.29, 1.82) is 0 Å². The van der Waals surface area contributed by atoms with Gasteiger partial charge in [-0.25, -0.2) is 19.6 Å². The highest BCUT2D eigenvalue weighted by Crippen LogP contribution is 2.45. The quantitative estimate of drug-likeness (QED) is 0.221. The number of carbonyl (C=O) groups is 4. The molecule has 7 rings (SSSR count). The molecule has 5 atom stereocenters. The minimum atomic E-state index is -1.45. The largest absolute Gasteiger partial charge is 0.497 e. The Morgan fingerprint density at radius 2 is 1.85 bits per heavy atom. The summed E-state index contributed by atoms with van der Waals surface area (Å²) < 4.78 is 17.8. The van der Waals surface area contributed by atoms with Crippen LogP contribution < -0.4 is 25.4 Å². The predicted octanol–water partition coefficient (Wildman–Crippen LogP) is 5.27. The summed E-state index contributed by atoms with van der Waals surface area (Å²) in [5.74, 6) is -1.37. The van der Waals surface area contributed by atoms with Gasteiger partial charge in [-0.3, -0.25) is 9.59 Å². The summed E-state index contributed by atoms with van der Waals surface area (Å²) in [4.78, 5) is 65.2. The van der Waals surface area contributed by atoms with Gasteiger partial charge in [0.1, 0.15) is 47.0 Å². The Labute approximate surface area is 311 Å². The number of anilines is 1. The minimum absolute atomic E-state index is 0.0338. The van der Waals surface area contributed by atoms with Gasteiger partial charge in [0.2, 0.25) is 11.8 Å². The molecule has 3 aromatic rings. The molecule has 2 aliphatic carbocycles. The topological polar surface area (TPSA) is 181 Å². The van der Waals surface area contributed by atoms with E-state index in [1.54, 1.807) is 32.4 Å². The number of carboxylic acids is 1. The lowest BCUT2D eigenvalue weighted by Gasteiger charge is -2.29. The van der Waals surface area contributed by atoms with E-state index in [0.29, 0.717) is 46.6 Å². The number of nitrogens with zero attached hydrogens (tertiary/aromatic N) is 3. The third-order valence-corrected chi connectivity index (χ3v) is 11.6. The highest BCUT2D eigenvalue weighted by Gasteiger charge is 2.61. The number of alkyl carbamates (subject to hydrolysis) is 1. The average molecular weight is 747 g/mol. The van der Waals surface area contributed by atoms with Gasteiger partial charge >= 0.3 is 12.1 Å². The predicted molar refractivity (Wildman–Crippen MR) is 198 cm³/mol. The number of nitrogens with one attached hydrogen (secondary N) is 3. The maximum absolute atomic E-state index is 14.5. The van der Waals surface area contributed by atoms with Gasteiger partial charge in [-0.2, -0.15) is 0 Å². The molecule has 0 bridgehead atoms. The first kappa shape index (κ1) is 36.4. The maximum atomic E-state index is 14.5. The number of benzene rings is 1. The molecule has 2 saturated carbocycles. The number of fused-ring (bicyclic) bond motifs is 3. The van der Waals surface area contributed by atoms with Crippen molar-refractivity contribution in [2.24, 2.45) is 5.92 Å². The van der Waals surface area contributed by atoms with Gasteiger partial charge in [0.25, 0.3) is 0 Å². The number of aliphatic carboxylic acids is 1. The molecule has 4 N–H and O–H groups in total. The number of methoxy groups -OCH3 is 1. The van der Waals surface area contributed by atoms with Crippen LogP contribution in [0.2, 0.25) is 0 Å². The van der Waals surface area contributed by atoms with E-state index in [0.717, 1.165) is 50.1 Å². The Bertz CT molecular complexity index is 1890. The van der Waals surface area contributed by atoms with Crippen molar-refractivity contribution in [3.05, 3.63) is 41.8 Å². The SMILES string of the molecule is CNc1nc(-c2cc(O[C@@H]3C[C@H]4C(=O)N[C@]5(C(=O)O)C[C@@H]5/C=C\CCCCC[C@H](NC(=O)OC5CCCC5)C(=O)N4C3)c3ccc(OC)cc3n2)cs1. The van der Waals surface area contributed by atoms with E-state index < -0.39 is 47.6 Å². The molecule has 282 valence electrons. The number of amides is 3. The van der Waals surface area contributed by atoms with Crippen molar-refractivity contribution < 1.29 is 38.5 Å². The molecular formula is C38H46N6O8S. The fraction of sp³-hybridized carbons (Fsp3) is 0.526. The van der Waals surface area contributed by atoms with Crippen LogP contribution in [0.25, 0.3) is 22.3 Å². The summed E-state index contributed by atoms with van der Waals surface area (Å²) >= 11 is 1.44. The zero-order chi connectivity index (χ0) is 37.1. The van der Waals surface area contributed by atoms with Gasteiger partial charge in [0, 0.05) is 42.3 Å². The van der Waals surface area contributed by atoms with Crippen molar-refractivity contribution in [3.8, 4) is 22.9 Å². The number of allylic oxidation sites excluding steroid dienone is 1. The second kappa shape index (κ2) is 15.6. The number of pyridine rings is 1. The molecule has 1 saturated heterocycles. The molecule has 0 spiro atoms. The number of hydrogen-bond acceptors (Lipinski definition) is 11. The van der Waals surface area contributed by atoms with Crippen LogP contribution in [0.5, 0.6) is 11.5 Å². The van der Waals surface area contributed by atoms with Crippen LogP contribution in [0, 0.1) is 5.92 Å². The Morgan fingerprint density at radius 1 is 1.04 bits per heavy atom. The maximum Gasteiger partial charge on any atom is 0.408 e. The van der Waals surface area contributed by atoms with E-state index >= 15 is 0 Å². The van der Waals surface area contributed by atoms with Crippen LogP contribution >= 0.6 is 11.3 Å². The Kier molecular flexibility index (Phi) is 10.7. The zero-order valence-electron chi connectivity index (χ0n) is 30.0. The second-order valence-corrected chi connectivity index (χ2v) is 15.2. The monoisotopic (exact) mass is 746 g/mol. The molecule has 3 fully saturated rings. The zero-order valence-corrected chi connectivity index (χ0v) is 30.8. The fourth-order valence-corrected chi connectivity index (χ4v) is 8.36. The normalized spacial score (nSPS) is 27.1. The number of aromatic nitrogens is 2. The van der Waals surface area contributed by atoms with Crippen LogP contribution in [0.3, 0.4) is 0 Å². The van der Waals surface area contributed by atoms with Crippen molar-refractivity contribution in [1.82, 2.24) is 25.5 Å². The van der Waals surface area contributed by atoms with E-state index in [1.807, 2.05) is 23.6 Å². The van der Waals surface area contributed by atoms with E-state index in [-0.39, 0.29) is 31.4 Å². The highest BCUT2D eigenvalue weighted by molar-refractivity contribution is 7.14. The Hall–Kier alpha value is -4.92. The standard InChI is InChI=1S/C38H46N6O8S/c1-39-36-41-30(21-53-36)29-18-32(26-15-14-24(50-2)16-28(26)40-29)51-25-17-31-33(45)43-38(35(47)48)19-22(38)10-6-4-3-5-7-13-27(34(46)44(31)20-25)42-37(49)52-23-11-8-9-12-23/h6,10,14-16,18,21-23,25,27,31H,3-5,7-9,11-13,17,19-20H2,1-2H3,(H,39,41)(H,42,49)(H,43,45)(H,47,48)/b10-6-/t22-,25+,27-,31-,38+/m0/s1. The van der Waals surface area contributed by atoms with Gasteiger partial charge in [0.15, 0.2) is 5.13 Å². The number of hydrogen-bond donors (Lipinski definition) is 4. The van der Waals surface area contributed by atoms with Crippen LogP contribution in [-0.2, 0) is 19.1 Å². The van der Waals surface area contributed by atoms with Crippen molar-refractivity contribution >= 4 is 51.2 Å². The molecule has 0 radical (unpaired) electrons. The second-order valence-electron chi connectivity index (χ2n) is 14.3. The first-order valence-electron chi connectivity index (χ1n) is 18.5. The smallest absolute Gasteiger partial charge is 0.408 e. The molecule has 15 heteroatoms. The van der Waals surface area contributed by atoms with Crippen LogP contribution in [0.4, 0.5) is 9.93 Å². The van der Waals surface area contributed by atoms with Crippen LogP contribution in [0.15, 0.2) is 41.8 Å². The number of carbonyl (C=O) groups excluding carboxylic acids is 3. The summed E-state index contributed by atoms with van der Waals surface area (Å²) in [6.45, 7) is 0.0338. The summed E-state index contributed by atoms with van der Waals surface area (Å²) in [7, 11) is 3.37. The first-order valence-corrected chi connectivity index (χ1v) is 19.3. The lowest BCUT2D eigenvalue weighted by molar-refractivity contribution is -0.145. The molecule has 0 unspecified atom stereocenters. The van der Waals surface area contributed by atoms with E-state index in [9.17, 15) is 24.3 Å². The number of carboxylic acid groups (broad SMARTS) is 1. The molecule has 3 amide bonds. The third-order valence-electron chi connectivity index (χ3n) is 10.7. The van der Waals surface area contributed by atoms with Crippen molar-refractivity contribution in [3.63, 3.8) is 0 Å². The molecule has 2 aliphatic heterocycles. The summed E-state index contributed by atoms with van der Waals surface area (Å²) in [6, 6.07) is 5.27. The molecule has 2 aromatic heterocycles. The summed E-state index contributed by atoms with van der Waals surface area (Å²) in [5.41, 5.74) is 0.382. The molecular weight excluding hydrogens is 701 g/mol. The average Bonchev–Trinajstić information content (AvgIpc) is 3.60. The molecule has 14 nitrogen and oxygen atoms in total. The lowest BCUT2D eigenvalue weighted by atomic mass is 10.0. The Morgan fingerprint density at radius 3 is 2.60 bits per heavy atom. The van der Waals surface area contributed by atoms with Gasteiger partial charge < -0.3 is 40.2 Å². The molecule has 1 aromatic carbocycles. The summed E-state index contributed by atoms with van der Waals surface area (Å²) in [5, 5.41) is 22.2. The first-order chi connectivity index (χ1) is 25.7. The number of rotatable bonds is 8. The van der Waals surface area contributed by atoms with Gasteiger partial charge in [-0.05, 0) is 63.5 Å². The Balaban J connectivity index is 1.20. The van der Waals surface area contributed by atoms with E-state index in [4.69, 9.17) is 19.2 Å².